The molecule has 1 aliphatic rings. The lowest BCUT2D eigenvalue weighted by Crippen LogP contribution is -2.46. The molecule has 112 valence electrons. The largest absolute Gasteiger partial charge is 0.398 e. The van der Waals surface area contributed by atoms with Gasteiger partial charge >= 0.3 is 0 Å². The van der Waals surface area contributed by atoms with E-state index in [1.54, 1.807) is 16.4 Å². The Hall–Kier alpha value is -1.07. The number of hydrogen-bond donors (Lipinski definition) is 1. The molecule has 2 atom stereocenters. The first-order chi connectivity index (χ1) is 9.25. The highest BCUT2D eigenvalue weighted by Crippen LogP contribution is 2.32. The Morgan fingerprint density at radius 3 is 2.45 bits per heavy atom. The molecule has 1 heterocycles. The monoisotopic (exact) mass is 296 g/mol. The second-order valence-electron chi connectivity index (χ2n) is 5.95. The maximum atomic E-state index is 12.9. The van der Waals surface area contributed by atoms with E-state index in [9.17, 15) is 8.42 Å². The van der Waals surface area contributed by atoms with Crippen LogP contribution in [0.4, 0.5) is 5.69 Å². The Morgan fingerprint density at radius 1 is 1.20 bits per heavy atom. The van der Waals surface area contributed by atoms with Gasteiger partial charge in [0.15, 0.2) is 0 Å². The van der Waals surface area contributed by atoms with E-state index >= 15 is 0 Å². The minimum atomic E-state index is -3.51. The zero-order valence-electron chi connectivity index (χ0n) is 12.7. The van der Waals surface area contributed by atoms with Crippen molar-refractivity contribution >= 4 is 15.7 Å². The standard InChI is InChI=1S/C15H24N2O2S/c1-10-6-5-7-17(13(10)4)20(18,19)15-9-12(3)11(2)8-14(15)16/h8-10,13H,5-7,16H2,1-4H3. The molecule has 1 aliphatic heterocycles. The van der Waals surface area contributed by atoms with Crippen LogP contribution in [0.25, 0.3) is 0 Å². The number of nitrogen functional groups attached to an aromatic ring is 1. The highest BCUT2D eigenvalue weighted by molar-refractivity contribution is 7.89. The van der Waals surface area contributed by atoms with E-state index < -0.39 is 10.0 Å². The second-order valence-corrected chi connectivity index (χ2v) is 7.81. The summed E-state index contributed by atoms with van der Waals surface area (Å²) in [6, 6.07) is 3.47. The first-order valence-electron chi connectivity index (χ1n) is 7.13. The fraction of sp³-hybridized carbons (Fsp3) is 0.600. The van der Waals surface area contributed by atoms with E-state index in [1.807, 2.05) is 20.8 Å². The quantitative estimate of drug-likeness (QED) is 0.853. The van der Waals surface area contributed by atoms with Crippen molar-refractivity contribution in [3.8, 4) is 0 Å². The van der Waals surface area contributed by atoms with Crippen molar-refractivity contribution in [3.63, 3.8) is 0 Å². The summed E-state index contributed by atoms with van der Waals surface area (Å²) >= 11 is 0. The Bertz CT molecular complexity index is 611. The van der Waals surface area contributed by atoms with Crippen LogP contribution >= 0.6 is 0 Å². The molecule has 5 heteroatoms. The van der Waals surface area contributed by atoms with Gasteiger partial charge in [-0.15, -0.1) is 0 Å². The van der Waals surface area contributed by atoms with Gasteiger partial charge in [0.25, 0.3) is 0 Å². The SMILES string of the molecule is Cc1cc(N)c(S(=O)(=O)N2CCCC(C)C2C)cc1C. The van der Waals surface area contributed by atoms with Crippen molar-refractivity contribution < 1.29 is 8.42 Å². The van der Waals surface area contributed by atoms with E-state index in [4.69, 9.17) is 5.73 Å². The summed E-state index contributed by atoms with van der Waals surface area (Å²) in [6.07, 6.45) is 1.99. The van der Waals surface area contributed by atoms with Gasteiger partial charge in [-0.05, 0) is 62.8 Å². The summed E-state index contributed by atoms with van der Waals surface area (Å²) < 4.78 is 27.4. The topological polar surface area (TPSA) is 63.4 Å². The van der Waals surface area contributed by atoms with Gasteiger partial charge in [-0.2, -0.15) is 4.31 Å². The molecule has 0 radical (unpaired) electrons. The van der Waals surface area contributed by atoms with Crippen molar-refractivity contribution in [2.75, 3.05) is 12.3 Å². The number of anilines is 1. The van der Waals surface area contributed by atoms with Crippen molar-refractivity contribution in [1.29, 1.82) is 0 Å². The third-order valence-electron chi connectivity index (χ3n) is 4.53. The minimum absolute atomic E-state index is 0.0229. The normalized spacial score (nSPS) is 24.8. The van der Waals surface area contributed by atoms with E-state index in [0.29, 0.717) is 18.2 Å². The van der Waals surface area contributed by atoms with Gasteiger partial charge in [0.05, 0.1) is 5.69 Å². The first kappa shape index (κ1) is 15.3. The molecule has 0 bridgehead atoms. The van der Waals surface area contributed by atoms with Gasteiger partial charge in [-0.3, -0.25) is 0 Å². The number of sulfonamides is 1. The molecule has 2 rings (SSSR count). The average molecular weight is 296 g/mol. The molecule has 0 aliphatic carbocycles. The number of nitrogens with zero attached hydrogens (tertiary/aromatic N) is 1. The second kappa shape index (κ2) is 5.37. The number of piperidine rings is 1. The van der Waals surface area contributed by atoms with Crippen LogP contribution in [0.3, 0.4) is 0 Å². The van der Waals surface area contributed by atoms with E-state index in [0.717, 1.165) is 24.0 Å². The molecule has 0 aromatic heterocycles. The van der Waals surface area contributed by atoms with Gasteiger partial charge < -0.3 is 5.73 Å². The first-order valence-corrected chi connectivity index (χ1v) is 8.57. The number of aryl methyl sites for hydroxylation is 2. The maximum absolute atomic E-state index is 12.9. The smallest absolute Gasteiger partial charge is 0.245 e. The van der Waals surface area contributed by atoms with Gasteiger partial charge in [0.1, 0.15) is 4.90 Å². The number of nitrogens with two attached hydrogens (primary N) is 1. The zero-order valence-corrected chi connectivity index (χ0v) is 13.5. The zero-order chi connectivity index (χ0) is 15.1. The molecule has 0 spiro atoms. The lowest BCUT2D eigenvalue weighted by molar-refractivity contribution is 0.202. The molecule has 1 saturated heterocycles. The van der Waals surface area contributed by atoms with Gasteiger partial charge in [-0.25, -0.2) is 8.42 Å². The third kappa shape index (κ3) is 2.56. The molecular weight excluding hydrogens is 272 g/mol. The summed E-state index contributed by atoms with van der Waals surface area (Å²) in [5, 5.41) is 0. The minimum Gasteiger partial charge on any atom is -0.398 e. The Morgan fingerprint density at radius 2 is 1.80 bits per heavy atom. The van der Waals surface area contributed by atoms with Crippen LogP contribution in [0.2, 0.25) is 0 Å². The third-order valence-corrected chi connectivity index (χ3v) is 6.57. The molecule has 20 heavy (non-hydrogen) atoms. The van der Waals surface area contributed by atoms with Crippen molar-refractivity contribution in [3.05, 3.63) is 23.3 Å². The van der Waals surface area contributed by atoms with Gasteiger partial charge in [0.2, 0.25) is 10.0 Å². The van der Waals surface area contributed by atoms with Crippen LogP contribution in [-0.2, 0) is 10.0 Å². The predicted molar refractivity (Wildman–Crippen MR) is 82.1 cm³/mol. The lowest BCUT2D eigenvalue weighted by atomic mass is 9.94. The summed E-state index contributed by atoms with van der Waals surface area (Å²) in [5.74, 6) is 0.381. The van der Waals surface area contributed by atoms with Crippen LogP contribution in [0.1, 0.15) is 37.8 Å². The molecule has 2 unspecified atom stereocenters. The van der Waals surface area contributed by atoms with E-state index in [2.05, 4.69) is 6.92 Å². The molecule has 4 nitrogen and oxygen atoms in total. The van der Waals surface area contributed by atoms with Crippen molar-refractivity contribution in [1.82, 2.24) is 4.31 Å². The van der Waals surface area contributed by atoms with Crippen LogP contribution < -0.4 is 5.73 Å². The maximum Gasteiger partial charge on any atom is 0.245 e. The van der Waals surface area contributed by atoms with Crippen LogP contribution in [-0.4, -0.2) is 25.3 Å². The van der Waals surface area contributed by atoms with Crippen LogP contribution in [0.15, 0.2) is 17.0 Å². The molecule has 0 amide bonds. The van der Waals surface area contributed by atoms with Gasteiger partial charge in [0, 0.05) is 12.6 Å². The van der Waals surface area contributed by atoms with Crippen LogP contribution in [0.5, 0.6) is 0 Å². The molecule has 2 N–H and O–H groups in total. The summed E-state index contributed by atoms with van der Waals surface area (Å²) in [7, 11) is -3.51. The summed E-state index contributed by atoms with van der Waals surface area (Å²) in [6.45, 7) is 8.53. The lowest BCUT2D eigenvalue weighted by Gasteiger charge is -2.37. The summed E-state index contributed by atoms with van der Waals surface area (Å²) in [4.78, 5) is 0.251. The number of rotatable bonds is 2. The number of benzene rings is 1. The average Bonchev–Trinajstić information content (AvgIpc) is 2.36. The fourth-order valence-electron chi connectivity index (χ4n) is 2.80. The van der Waals surface area contributed by atoms with Crippen molar-refractivity contribution in [2.45, 2.75) is 51.5 Å². The van der Waals surface area contributed by atoms with E-state index in [-0.39, 0.29) is 10.9 Å². The number of hydrogen-bond acceptors (Lipinski definition) is 3. The fourth-order valence-corrected chi connectivity index (χ4v) is 4.75. The molecule has 1 aromatic rings. The molecule has 1 fully saturated rings. The Kier molecular flexibility index (Phi) is 4.12. The van der Waals surface area contributed by atoms with Crippen molar-refractivity contribution in [2.24, 2.45) is 5.92 Å². The molecule has 0 saturated carbocycles. The Balaban J connectivity index is 2.47. The van der Waals surface area contributed by atoms with Crippen LogP contribution in [0, 0.1) is 19.8 Å². The molecule has 1 aromatic carbocycles. The predicted octanol–water partition coefficient (Wildman–Crippen LogP) is 2.69. The highest BCUT2D eigenvalue weighted by Gasteiger charge is 2.35. The van der Waals surface area contributed by atoms with E-state index in [1.165, 1.54) is 0 Å². The van der Waals surface area contributed by atoms with Gasteiger partial charge in [-0.1, -0.05) is 6.92 Å². The molecular formula is C15H24N2O2S. The Labute approximate surface area is 122 Å². The summed E-state index contributed by atoms with van der Waals surface area (Å²) in [5.41, 5.74) is 8.27. The highest BCUT2D eigenvalue weighted by atomic mass is 32.2.